The molecule has 1 aliphatic rings. The van der Waals surface area contributed by atoms with Gasteiger partial charge in [-0.2, -0.15) is 9.97 Å². The Balaban J connectivity index is 1.96. The van der Waals surface area contributed by atoms with Crippen molar-refractivity contribution in [1.82, 2.24) is 15.3 Å². The second-order valence-corrected chi connectivity index (χ2v) is 5.55. The lowest BCUT2D eigenvalue weighted by Crippen LogP contribution is -2.57. The van der Waals surface area contributed by atoms with Crippen LogP contribution in [0.15, 0.2) is 18.2 Å². The number of nitrogens with one attached hydrogen (secondary N) is 1. The number of likely N-dealkylation sites (N-methyl/N-ethyl adjacent to an activating group) is 1. The summed E-state index contributed by atoms with van der Waals surface area (Å²) in [7, 11) is 1.88. The summed E-state index contributed by atoms with van der Waals surface area (Å²) in [6.07, 6.45) is 0.103. The van der Waals surface area contributed by atoms with Crippen molar-refractivity contribution in [3.05, 3.63) is 41.0 Å². The summed E-state index contributed by atoms with van der Waals surface area (Å²) in [6, 6.07) is 4.41. The van der Waals surface area contributed by atoms with Crippen LogP contribution in [0, 0.1) is 11.6 Å². The van der Waals surface area contributed by atoms with E-state index < -0.39 is 11.6 Å². The van der Waals surface area contributed by atoms with Crippen molar-refractivity contribution in [3.63, 3.8) is 0 Å². The molecule has 2 heterocycles. The standard InChI is InChI=1S/C15H18F2N6/c1-20-9-6-23(7-9)14-10(13(18)21-15(19)22-14)5-8-3-2-4-11(16)12(8)17/h2-4,9,20H,5-7H2,1H3,(H4,18,19,21,22). The SMILES string of the molecule is CNC1CN(c2nc(N)nc(N)c2Cc2cccc(F)c2F)C1. The maximum absolute atomic E-state index is 13.9. The molecule has 1 fully saturated rings. The first-order chi connectivity index (χ1) is 11.0. The zero-order chi connectivity index (χ0) is 16.6. The molecular formula is C15H18F2N6. The molecule has 5 N–H and O–H groups in total. The van der Waals surface area contributed by atoms with Gasteiger partial charge in [-0.3, -0.25) is 0 Å². The summed E-state index contributed by atoms with van der Waals surface area (Å²) in [5.41, 5.74) is 12.4. The highest BCUT2D eigenvalue weighted by molar-refractivity contribution is 5.62. The van der Waals surface area contributed by atoms with Crippen LogP contribution in [-0.2, 0) is 6.42 Å². The van der Waals surface area contributed by atoms with Crippen LogP contribution in [0.4, 0.5) is 26.4 Å². The van der Waals surface area contributed by atoms with Gasteiger partial charge in [-0.25, -0.2) is 8.78 Å². The summed E-state index contributed by atoms with van der Waals surface area (Å²) in [5, 5.41) is 3.16. The number of nitrogens with two attached hydrogens (primary N) is 2. The molecule has 3 rings (SSSR count). The Morgan fingerprint density at radius 2 is 2.00 bits per heavy atom. The first-order valence-corrected chi connectivity index (χ1v) is 7.26. The second kappa shape index (κ2) is 5.96. The van der Waals surface area contributed by atoms with E-state index >= 15 is 0 Å². The average molecular weight is 320 g/mol. The monoisotopic (exact) mass is 320 g/mol. The molecule has 8 heteroatoms. The van der Waals surface area contributed by atoms with Gasteiger partial charge in [0, 0.05) is 31.1 Å². The molecule has 1 aromatic carbocycles. The topological polar surface area (TPSA) is 93.1 Å². The van der Waals surface area contributed by atoms with Gasteiger partial charge in [0.15, 0.2) is 11.6 Å². The van der Waals surface area contributed by atoms with Crippen molar-refractivity contribution in [2.24, 2.45) is 0 Å². The fourth-order valence-electron chi connectivity index (χ4n) is 2.65. The minimum atomic E-state index is -0.891. The Labute approximate surface area is 132 Å². The lowest BCUT2D eigenvalue weighted by molar-refractivity contribution is 0.446. The van der Waals surface area contributed by atoms with Crippen molar-refractivity contribution in [2.75, 3.05) is 36.5 Å². The normalized spacial score (nSPS) is 14.8. The number of anilines is 3. The van der Waals surface area contributed by atoms with Gasteiger partial charge >= 0.3 is 0 Å². The smallest absolute Gasteiger partial charge is 0.223 e. The minimum absolute atomic E-state index is 0.0638. The summed E-state index contributed by atoms with van der Waals surface area (Å²) in [6.45, 7) is 1.48. The average Bonchev–Trinajstić information content (AvgIpc) is 2.45. The number of hydrogen-bond donors (Lipinski definition) is 3. The Morgan fingerprint density at radius 3 is 2.70 bits per heavy atom. The molecule has 122 valence electrons. The first-order valence-electron chi connectivity index (χ1n) is 7.26. The van der Waals surface area contributed by atoms with E-state index in [0.29, 0.717) is 17.4 Å². The molecule has 1 saturated heterocycles. The molecule has 0 atom stereocenters. The van der Waals surface area contributed by atoms with Crippen LogP contribution in [0.2, 0.25) is 0 Å². The van der Waals surface area contributed by atoms with Gasteiger partial charge < -0.3 is 21.7 Å². The lowest BCUT2D eigenvalue weighted by Gasteiger charge is -2.41. The molecule has 0 saturated carbocycles. The van der Waals surface area contributed by atoms with E-state index in [4.69, 9.17) is 11.5 Å². The van der Waals surface area contributed by atoms with Gasteiger partial charge in [-0.1, -0.05) is 12.1 Å². The molecule has 0 amide bonds. The third-order valence-electron chi connectivity index (χ3n) is 4.02. The largest absolute Gasteiger partial charge is 0.383 e. The van der Waals surface area contributed by atoms with Crippen LogP contribution in [0.3, 0.4) is 0 Å². The zero-order valence-corrected chi connectivity index (χ0v) is 12.7. The quantitative estimate of drug-likeness (QED) is 0.776. The fourth-order valence-corrected chi connectivity index (χ4v) is 2.65. The highest BCUT2D eigenvalue weighted by Crippen LogP contribution is 2.30. The Kier molecular flexibility index (Phi) is 3.99. The third kappa shape index (κ3) is 2.89. The molecule has 23 heavy (non-hydrogen) atoms. The lowest BCUT2D eigenvalue weighted by atomic mass is 10.0. The molecule has 6 nitrogen and oxygen atoms in total. The van der Waals surface area contributed by atoms with Gasteiger partial charge in [0.2, 0.25) is 5.95 Å². The Morgan fingerprint density at radius 1 is 1.26 bits per heavy atom. The third-order valence-corrected chi connectivity index (χ3v) is 4.02. The molecule has 0 bridgehead atoms. The van der Waals surface area contributed by atoms with Crippen molar-refractivity contribution in [1.29, 1.82) is 0 Å². The van der Waals surface area contributed by atoms with Crippen LogP contribution in [0.25, 0.3) is 0 Å². The first kappa shape index (κ1) is 15.4. The van der Waals surface area contributed by atoms with Crippen molar-refractivity contribution < 1.29 is 8.78 Å². The van der Waals surface area contributed by atoms with E-state index in [9.17, 15) is 8.78 Å². The molecule has 0 radical (unpaired) electrons. The molecule has 1 aromatic heterocycles. The maximum Gasteiger partial charge on any atom is 0.223 e. The number of halogens is 2. The number of nitrogen functional groups attached to an aromatic ring is 2. The van der Waals surface area contributed by atoms with E-state index in [1.54, 1.807) is 0 Å². The Bertz CT molecular complexity index is 730. The van der Waals surface area contributed by atoms with Gasteiger partial charge in [0.1, 0.15) is 11.6 Å². The van der Waals surface area contributed by atoms with Crippen LogP contribution in [0.1, 0.15) is 11.1 Å². The van der Waals surface area contributed by atoms with E-state index in [1.807, 2.05) is 11.9 Å². The maximum atomic E-state index is 13.9. The summed E-state index contributed by atoms with van der Waals surface area (Å²) in [4.78, 5) is 10.2. The van der Waals surface area contributed by atoms with Gasteiger partial charge in [-0.05, 0) is 18.7 Å². The zero-order valence-electron chi connectivity index (χ0n) is 12.7. The highest BCUT2D eigenvalue weighted by atomic mass is 19.2. The predicted molar refractivity (Wildman–Crippen MR) is 85.1 cm³/mol. The van der Waals surface area contributed by atoms with Crippen molar-refractivity contribution >= 4 is 17.6 Å². The predicted octanol–water partition coefficient (Wildman–Crippen LogP) is 0.918. The molecule has 0 aliphatic carbocycles. The second-order valence-electron chi connectivity index (χ2n) is 5.55. The van der Waals surface area contributed by atoms with E-state index in [1.165, 1.54) is 12.1 Å². The molecule has 1 aliphatic heterocycles. The minimum Gasteiger partial charge on any atom is -0.383 e. The summed E-state index contributed by atoms with van der Waals surface area (Å²) >= 11 is 0. The number of aromatic nitrogens is 2. The van der Waals surface area contributed by atoms with E-state index in [0.717, 1.165) is 19.2 Å². The van der Waals surface area contributed by atoms with Crippen molar-refractivity contribution in [3.8, 4) is 0 Å². The summed E-state index contributed by atoms with van der Waals surface area (Å²) in [5.74, 6) is -0.951. The van der Waals surface area contributed by atoms with Crippen LogP contribution >= 0.6 is 0 Å². The summed E-state index contributed by atoms with van der Waals surface area (Å²) < 4.78 is 27.3. The van der Waals surface area contributed by atoms with E-state index in [2.05, 4.69) is 15.3 Å². The van der Waals surface area contributed by atoms with Crippen LogP contribution < -0.4 is 21.7 Å². The molecule has 0 unspecified atom stereocenters. The van der Waals surface area contributed by atoms with E-state index in [-0.39, 0.29) is 23.8 Å². The van der Waals surface area contributed by atoms with Gasteiger partial charge in [0.05, 0.1) is 0 Å². The van der Waals surface area contributed by atoms with Gasteiger partial charge in [-0.15, -0.1) is 0 Å². The van der Waals surface area contributed by atoms with Crippen LogP contribution in [0.5, 0.6) is 0 Å². The number of hydrogen-bond acceptors (Lipinski definition) is 6. The number of nitrogens with zero attached hydrogens (tertiary/aromatic N) is 3. The highest BCUT2D eigenvalue weighted by Gasteiger charge is 2.29. The molecule has 0 spiro atoms. The molecule has 2 aromatic rings. The molecular weight excluding hydrogens is 302 g/mol. The Hall–Kier alpha value is -2.48. The van der Waals surface area contributed by atoms with Crippen molar-refractivity contribution in [2.45, 2.75) is 12.5 Å². The number of rotatable bonds is 4. The van der Waals surface area contributed by atoms with Gasteiger partial charge in [0.25, 0.3) is 0 Å². The van der Waals surface area contributed by atoms with Crippen LogP contribution in [-0.4, -0.2) is 36.1 Å². The fraction of sp³-hybridized carbons (Fsp3) is 0.333. The number of benzene rings is 1.